The molecule has 0 saturated carbocycles. The van der Waals surface area contributed by atoms with E-state index >= 15 is 0 Å². The van der Waals surface area contributed by atoms with E-state index in [0.29, 0.717) is 12.5 Å². The number of nitrogens with one attached hydrogen (secondary N) is 1. The highest BCUT2D eigenvalue weighted by Crippen LogP contribution is 2.30. The minimum atomic E-state index is 0.237. The number of carbonyl (C=O) groups is 1. The monoisotopic (exact) mass is 260 g/mol. The van der Waals surface area contributed by atoms with Crippen LogP contribution in [0.4, 0.5) is 11.4 Å². The Hall–Kier alpha value is -1.55. The lowest BCUT2D eigenvalue weighted by atomic mass is 10.1. The number of ether oxygens (including phenoxy) is 1. The third kappa shape index (κ3) is 2.73. The Kier molecular flexibility index (Phi) is 3.69. The highest BCUT2D eigenvalue weighted by atomic mass is 16.5. The molecule has 2 fully saturated rings. The van der Waals surface area contributed by atoms with Gasteiger partial charge in [-0.1, -0.05) is 12.1 Å². The summed E-state index contributed by atoms with van der Waals surface area (Å²) in [6.45, 7) is 2.48. The standard InChI is InChI=1S/C15H20N2O2/c18-15-6-3-9-17(15)14-5-2-1-4-13(14)16-12-7-10-19-11-8-12/h1-2,4-5,12,16H,3,6-11H2. The number of benzene rings is 1. The summed E-state index contributed by atoms with van der Waals surface area (Å²) in [7, 11) is 0. The maximum absolute atomic E-state index is 11.9. The molecule has 2 saturated heterocycles. The third-order valence-corrected chi connectivity index (χ3v) is 3.85. The molecule has 2 aliphatic rings. The van der Waals surface area contributed by atoms with Crippen LogP contribution >= 0.6 is 0 Å². The average Bonchev–Trinajstić information content (AvgIpc) is 2.87. The van der Waals surface area contributed by atoms with E-state index < -0.39 is 0 Å². The molecule has 0 atom stereocenters. The maximum atomic E-state index is 11.9. The normalized spacial score (nSPS) is 20.8. The van der Waals surface area contributed by atoms with Gasteiger partial charge in [0.1, 0.15) is 0 Å². The summed E-state index contributed by atoms with van der Waals surface area (Å²) in [6.07, 6.45) is 3.70. The zero-order valence-electron chi connectivity index (χ0n) is 11.1. The van der Waals surface area contributed by atoms with E-state index in [1.54, 1.807) is 0 Å². The van der Waals surface area contributed by atoms with Gasteiger partial charge in [-0.3, -0.25) is 4.79 Å². The second-order valence-corrected chi connectivity index (χ2v) is 5.20. The number of amides is 1. The van der Waals surface area contributed by atoms with E-state index in [-0.39, 0.29) is 5.91 Å². The number of nitrogens with zero attached hydrogens (tertiary/aromatic N) is 1. The zero-order chi connectivity index (χ0) is 13.1. The predicted octanol–water partition coefficient (Wildman–Crippen LogP) is 2.40. The van der Waals surface area contributed by atoms with E-state index in [1.807, 2.05) is 23.1 Å². The van der Waals surface area contributed by atoms with Crippen molar-refractivity contribution in [2.75, 3.05) is 30.0 Å². The van der Waals surface area contributed by atoms with Gasteiger partial charge in [0, 0.05) is 32.2 Å². The highest BCUT2D eigenvalue weighted by Gasteiger charge is 2.24. The van der Waals surface area contributed by atoms with E-state index in [1.165, 1.54) is 0 Å². The van der Waals surface area contributed by atoms with Gasteiger partial charge in [-0.25, -0.2) is 0 Å². The van der Waals surface area contributed by atoms with E-state index in [4.69, 9.17) is 4.74 Å². The SMILES string of the molecule is O=C1CCCN1c1ccccc1NC1CCOCC1. The van der Waals surface area contributed by atoms with Crippen molar-refractivity contribution < 1.29 is 9.53 Å². The molecule has 1 amide bonds. The highest BCUT2D eigenvalue weighted by molar-refractivity contribution is 5.98. The summed E-state index contributed by atoms with van der Waals surface area (Å²) in [5.74, 6) is 0.237. The molecule has 0 unspecified atom stereocenters. The molecule has 0 bridgehead atoms. The minimum Gasteiger partial charge on any atom is -0.381 e. The first-order chi connectivity index (χ1) is 9.34. The second kappa shape index (κ2) is 5.61. The topological polar surface area (TPSA) is 41.6 Å². The van der Waals surface area contributed by atoms with Crippen molar-refractivity contribution in [2.45, 2.75) is 31.7 Å². The van der Waals surface area contributed by atoms with Crippen LogP contribution in [0.2, 0.25) is 0 Å². The fourth-order valence-electron chi connectivity index (χ4n) is 2.80. The smallest absolute Gasteiger partial charge is 0.227 e. The maximum Gasteiger partial charge on any atom is 0.227 e. The zero-order valence-corrected chi connectivity index (χ0v) is 11.1. The molecule has 1 aromatic carbocycles. The summed E-state index contributed by atoms with van der Waals surface area (Å²) >= 11 is 0. The summed E-state index contributed by atoms with van der Waals surface area (Å²) in [5.41, 5.74) is 2.10. The van der Waals surface area contributed by atoms with Crippen LogP contribution in [0.1, 0.15) is 25.7 Å². The van der Waals surface area contributed by atoms with Gasteiger partial charge < -0.3 is 15.0 Å². The van der Waals surface area contributed by atoms with Crippen molar-refractivity contribution in [3.8, 4) is 0 Å². The van der Waals surface area contributed by atoms with E-state index in [2.05, 4.69) is 11.4 Å². The molecule has 102 valence electrons. The third-order valence-electron chi connectivity index (χ3n) is 3.85. The lowest BCUT2D eigenvalue weighted by Crippen LogP contribution is -2.30. The molecular weight excluding hydrogens is 240 g/mol. The van der Waals surface area contributed by atoms with Crippen molar-refractivity contribution in [3.05, 3.63) is 24.3 Å². The van der Waals surface area contributed by atoms with Crippen LogP contribution in [-0.2, 0) is 9.53 Å². The predicted molar refractivity (Wildman–Crippen MR) is 75.5 cm³/mol. The van der Waals surface area contributed by atoms with Gasteiger partial charge in [0.05, 0.1) is 11.4 Å². The number of rotatable bonds is 3. The molecular formula is C15H20N2O2. The number of anilines is 2. The molecule has 0 aliphatic carbocycles. The first-order valence-electron chi connectivity index (χ1n) is 7.08. The van der Waals surface area contributed by atoms with Crippen molar-refractivity contribution in [3.63, 3.8) is 0 Å². The Morgan fingerprint density at radius 1 is 1.21 bits per heavy atom. The Labute approximate surface area is 113 Å². The summed E-state index contributed by atoms with van der Waals surface area (Å²) in [5, 5.41) is 3.57. The number of hydrogen-bond acceptors (Lipinski definition) is 3. The summed E-state index contributed by atoms with van der Waals surface area (Å²) < 4.78 is 5.38. The molecule has 0 spiro atoms. The van der Waals surface area contributed by atoms with E-state index in [9.17, 15) is 4.79 Å². The van der Waals surface area contributed by atoms with Gasteiger partial charge >= 0.3 is 0 Å². The Bertz CT molecular complexity index is 455. The summed E-state index contributed by atoms with van der Waals surface area (Å²) in [4.78, 5) is 13.8. The molecule has 3 rings (SSSR count). The van der Waals surface area contributed by atoms with Crippen molar-refractivity contribution in [2.24, 2.45) is 0 Å². The fourth-order valence-corrected chi connectivity index (χ4v) is 2.80. The van der Waals surface area contributed by atoms with Crippen molar-refractivity contribution in [1.29, 1.82) is 0 Å². The van der Waals surface area contributed by atoms with Crippen molar-refractivity contribution in [1.82, 2.24) is 0 Å². The van der Waals surface area contributed by atoms with Crippen LogP contribution in [0.15, 0.2) is 24.3 Å². The number of carbonyl (C=O) groups excluding carboxylic acids is 1. The Morgan fingerprint density at radius 3 is 2.74 bits per heavy atom. The van der Waals surface area contributed by atoms with Gasteiger partial charge in [0.25, 0.3) is 0 Å². The van der Waals surface area contributed by atoms with Crippen LogP contribution < -0.4 is 10.2 Å². The lowest BCUT2D eigenvalue weighted by molar-refractivity contribution is -0.117. The van der Waals surface area contributed by atoms with Gasteiger partial charge in [0.15, 0.2) is 0 Å². The molecule has 19 heavy (non-hydrogen) atoms. The molecule has 0 radical (unpaired) electrons. The van der Waals surface area contributed by atoms with Crippen LogP contribution in [0.3, 0.4) is 0 Å². The molecule has 1 aromatic rings. The lowest BCUT2D eigenvalue weighted by Gasteiger charge is -2.27. The average molecular weight is 260 g/mol. The van der Waals surface area contributed by atoms with Gasteiger partial charge in [-0.05, 0) is 31.4 Å². The fraction of sp³-hybridized carbons (Fsp3) is 0.533. The second-order valence-electron chi connectivity index (χ2n) is 5.20. The Morgan fingerprint density at radius 2 is 2.00 bits per heavy atom. The van der Waals surface area contributed by atoms with Crippen LogP contribution in [0, 0.1) is 0 Å². The molecule has 0 aromatic heterocycles. The van der Waals surface area contributed by atoms with Gasteiger partial charge in [0.2, 0.25) is 5.91 Å². The van der Waals surface area contributed by atoms with Crippen LogP contribution in [0.25, 0.3) is 0 Å². The summed E-state index contributed by atoms with van der Waals surface area (Å²) in [6, 6.07) is 8.57. The number of hydrogen-bond donors (Lipinski definition) is 1. The number of para-hydroxylation sites is 2. The molecule has 1 N–H and O–H groups in total. The first-order valence-corrected chi connectivity index (χ1v) is 7.08. The molecule has 4 heteroatoms. The molecule has 2 heterocycles. The quantitative estimate of drug-likeness (QED) is 0.907. The van der Waals surface area contributed by atoms with Crippen LogP contribution in [-0.4, -0.2) is 31.7 Å². The van der Waals surface area contributed by atoms with Crippen LogP contribution in [0.5, 0.6) is 0 Å². The van der Waals surface area contributed by atoms with E-state index in [0.717, 1.165) is 50.4 Å². The van der Waals surface area contributed by atoms with Crippen molar-refractivity contribution >= 4 is 17.3 Å². The van der Waals surface area contributed by atoms with Gasteiger partial charge in [-0.15, -0.1) is 0 Å². The largest absolute Gasteiger partial charge is 0.381 e. The molecule has 4 nitrogen and oxygen atoms in total. The Balaban J connectivity index is 1.78. The van der Waals surface area contributed by atoms with Gasteiger partial charge in [-0.2, -0.15) is 0 Å². The first kappa shape index (κ1) is 12.5. The minimum absolute atomic E-state index is 0.237. The molecule has 2 aliphatic heterocycles.